The van der Waals surface area contributed by atoms with Crippen LogP contribution in [-0.2, 0) is 32.6 Å². The third-order valence-corrected chi connectivity index (χ3v) is 8.99. The van der Waals surface area contributed by atoms with E-state index in [9.17, 15) is 9.59 Å². The number of hydrogen-bond donors (Lipinski definition) is 2. The van der Waals surface area contributed by atoms with Crippen LogP contribution in [0.3, 0.4) is 0 Å². The summed E-state index contributed by atoms with van der Waals surface area (Å²) in [5, 5.41) is 8.18. The highest BCUT2D eigenvalue weighted by Crippen LogP contribution is 2.34. The second kappa shape index (κ2) is 14.6. The van der Waals surface area contributed by atoms with Crippen LogP contribution < -0.4 is 10.6 Å². The highest BCUT2D eigenvalue weighted by atomic mass is 16.5. The lowest BCUT2D eigenvalue weighted by atomic mass is 9.85. The van der Waals surface area contributed by atoms with Gasteiger partial charge in [-0.2, -0.15) is 0 Å². The minimum atomic E-state index is -0.330. The van der Waals surface area contributed by atoms with Crippen LogP contribution in [0.2, 0.25) is 0 Å². The standard InChI is InChI=1S/C38H45N5O4/c1-38(2,3)29-11-8-27(10-15-36(44)43-18-22-47-23-19-43)35(24-29)41-37(45)40-34-14-13-31(32-6-4-5-7-33(32)34)28-9-12-30(39-25-28)26-42-16-20-46-21-17-42/h4-9,11-14,24-25H,10,15-23,26H2,1-3H3,(H2,40,41,45). The van der Waals surface area contributed by atoms with Gasteiger partial charge in [-0.05, 0) is 52.1 Å². The molecule has 9 heteroatoms. The summed E-state index contributed by atoms with van der Waals surface area (Å²) in [4.78, 5) is 35.4. The number of fused-ring (bicyclic) bond motifs is 1. The molecule has 246 valence electrons. The number of anilines is 2. The van der Waals surface area contributed by atoms with Crippen molar-refractivity contribution in [3.63, 3.8) is 0 Å². The van der Waals surface area contributed by atoms with E-state index in [1.165, 1.54) is 0 Å². The molecule has 2 saturated heterocycles. The SMILES string of the molecule is CC(C)(C)c1ccc(CCC(=O)N2CCOCC2)c(NC(=O)Nc2ccc(-c3ccc(CN4CCOCC4)nc3)c3ccccc23)c1. The Labute approximate surface area is 277 Å². The highest BCUT2D eigenvalue weighted by molar-refractivity contribution is 6.09. The van der Waals surface area contributed by atoms with Crippen molar-refractivity contribution in [3.8, 4) is 11.1 Å². The lowest BCUT2D eigenvalue weighted by Gasteiger charge is -2.27. The second-order valence-electron chi connectivity index (χ2n) is 13.3. The van der Waals surface area contributed by atoms with Gasteiger partial charge >= 0.3 is 6.03 Å². The van der Waals surface area contributed by atoms with Gasteiger partial charge in [0.25, 0.3) is 0 Å². The molecule has 3 amide bonds. The summed E-state index contributed by atoms with van der Waals surface area (Å²) in [6.07, 6.45) is 2.85. The molecule has 0 aliphatic carbocycles. The Morgan fingerprint density at radius 1 is 0.809 bits per heavy atom. The van der Waals surface area contributed by atoms with Gasteiger partial charge in [0.05, 0.1) is 37.8 Å². The molecule has 2 aliphatic heterocycles. The van der Waals surface area contributed by atoms with Crippen molar-refractivity contribution in [3.05, 3.63) is 89.7 Å². The Hall–Kier alpha value is -4.31. The fourth-order valence-electron chi connectivity index (χ4n) is 6.19. The maximum Gasteiger partial charge on any atom is 0.323 e. The van der Waals surface area contributed by atoms with E-state index >= 15 is 0 Å². The molecule has 9 nitrogen and oxygen atoms in total. The molecule has 0 saturated carbocycles. The first-order valence-electron chi connectivity index (χ1n) is 16.6. The molecule has 2 aliphatic rings. The van der Waals surface area contributed by atoms with E-state index < -0.39 is 0 Å². The average Bonchev–Trinajstić information content (AvgIpc) is 3.08. The topological polar surface area (TPSA) is 96.0 Å². The molecule has 0 bridgehead atoms. The van der Waals surface area contributed by atoms with Crippen molar-refractivity contribution in [2.24, 2.45) is 0 Å². The first-order chi connectivity index (χ1) is 22.7. The molecule has 0 atom stereocenters. The number of morpholine rings is 2. The van der Waals surface area contributed by atoms with Crippen molar-refractivity contribution >= 4 is 34.1 Å². The van der Waals surface area contributed by atoms with Gasteiger partial charge in [-0.15, -0.1) is 0 Å². The molecule has 47 heavy (non-hydrogen) atoms. The van der Waals surface area contributed by atoms with Crippen LogP contribution in [0.1, 0.15) is 44.0 Å². The average molecular weight is 636 g/mol. The van der Waals surface area contributed by atoms with Gasteiger partial charge < -0.3 is 25.0 Å². The number of carbonyl (C=O) groups excluding carboxylic acids is 2. The first kappa shape index (κ1) is 32.6. The molecule has 2 fully saturated rings. The van der Waals surface area contributed by atoms with E-state index in [4.69, 9.17) is 14.5 Å². The lowest BCUT2D eigenvalue weighted by Crippen LogP contribution is -2.40. The molecule has 3 aromatic carbocycles. The number of urea groups is 1. The number of aromatic nitrogens is 1. The fourth-order valence-corrected chi connectivity index (χ4v) is 6.19. The fraction of sp³-hybridized carbons (Fsp3) is 0.395. The molecule has 1 aromatic heterocycles. The smallest absolute Gasteiger partial charge is 0.323 e. The minimum absolute atomic E-state index is 0.101. The number of aryl methyl sites for hydroxylation is 1. The molecule has 0 unspecified atom stereocenters. The minimum Gasteiger partial charge on any atom is -0.379 e. The van der Waals surface area contributed by atoms with Crippen molar-refractivity contribution < 1.29 is 19.1 Å². The number of rotatable bonds is 8. The van der Waals surface area contributed by atoms with Gasteiger partial charge in [0, 0.05) is 62.0 Å². The number of nitrogens with zero attached hydrogens (tertiary/aromatic N) is 3. The first-order valence-corrected chi connectivity index (χ1v) is 16.6. The zero-order valence-corrected chi connectivity index (χ0v) is 27.7. The van der Waals surface area contributed by atoms with Gasteiger partial charge in [0.1, 0.15) is 0 Å². The summed E-state index contributed by atoms with van der Waals surface area (Å²) in [5.74, 6) is 0.108. The number of benzene rings is 3. The number of nitrogens with one attached hydrogen (secondary N) is 2. The molecule has 0 radical (unpaired) electrons. The molecule has 2 N–H and O–H groups in total. The van der Waals surface area contributed by atoms with Gasteiger partial charge in [0.2, 0.25) is 5.91 Å². The van der Waals surface area contributed by atoms with Crippen LogP contribution in [0.15, 0.2) is 72.9 Å². The monoisotopic (exact) mass is 635 g/mol. The molecule has 0 spiro atoms. The van der Waals surface area contributed by atoms with E-state index in [1.807, 2.05) is 53.6 Å². The maximum absolute atomic E-state index is 13.5. The van der Waals surface area contributed by atoms with Crippen LogP contribution in [0.25, 0.3) is 21.9 Å². The maximum atomic E-state index is 13.5. The van der Waals surface area contributed by atoms with Crippen LogP contribution in [0.5, 0.6) is 0 Å². The quantitative estimate of drug-likeness (QED) is 0.231. The zero-order chi connectivity index (χ0) is 32.8. The van der Waals surface area contributed by atoms with E-state index in [2.05, 4.69) is 60.6 Å². The van der Waals surface area contributed by atoms with E-state index in [0.29, 0.717) is 44.8 Å². The summed E-state index contributed by atoms with van der Waals surface area (Å²) in [5.41, 5.74) is 6.49. The van der Waals surface area contributed by atoms with Crippen molar-refractivity contribution in [2.45, 2.75) is 45.6 Å². The predicted molar refractivity (Wildman–Crippen MR) is 187 cm³/mol. The van der Waals surface area contributed by atoms with E-state index in [1.54, 1.807) is 0 Å². The van der Waals surface area contributed by atoms with Gasteiger partial charge in [-0.25, -0.2) is 4.79 Å². The molecular formula is C38H45N5O4. The van der Waals surface area contributed by atoms with Crippen LogP contribution in [0.4, 0.5) is 16.2 Å². The van der Waals surface area contributed by atoms with Gasteiger partial charge in [0.15, 0.2) is 0 Å². The summed E-state index contributed by atoms with van der Waals surface area (Å²) in [6, 6.07) is 22.1. The Morgan fingerprint density at radius 3 is 2.21 bits per heavy atom. The summed E-state index contributed by atoms with van der Waals surface area (Å²) >= 11 is 0. The Kier molecular flexibility index (Phi) is 10.2. The molecule has 3 heterocycles. The van der Waals surface area contributed by atoms with Crippen molar-refractivity contribution in [2.75, 3.05) is 63.2 Å². The van der Waals surface area contributed by atoms with Gasteiger partial charge in [-0.3, -0.25) is 14.7 Å². The third kappa shape index (κ3) is 8.16. The van der Waals surface area contributed by atoms with E-state index in [0.717, 1.165) is 77.3 Å². The molecular weight excluding hydrogens is 590 g/mol. The second-order valence-corrected chi connectivity index (χ2v) is 13.3. The summed E-state index contributed by atoms with van der Waals surface area (Å²) in [6.45, 7) is 13.0. The van der Waals surface area contributed by atoms with Crippen LogP contribution >= 0.6 is 0 Å². The predicted octanol–water partition coefficient (Wildman–Crippen LogP) is 6.47. The molecule has 6 rings (SSSR count). The zero-order valence-electron chi connectivity index (χ0n) is 27.7. The Balaban J connectivity index is 1.19. The van der Waals surface area contributed by atoms with Gasteiger partial charge in [-0.1, -0.05) is 69.3 Å². The highest BCUT2D eigenvalue weighted by Gasteiger charge is 2.20. The van der Waals surface area contributed by atoms with Crippen LogP contribution in [-0.4, -0.2) is 79.3 Å². The Morgan fingerprint density at radius 2 is 1.51 bits per heavy atom. The Bertz CT molecular complexity index is 1700. The van der Waals surface area contributed by atoms with Crippen LogP contribution in [0, 0.1) is 0 Å². The lowest BCUT2D eigenvalue weighted by molar-refractivity contribution is -0.135. The largest absolute Gasteiger partial charge is 0.379 e. The number of pyridine rings is 1. The number of carbonyl (C=O) groups is 2. The van der Waals surface area contributed by atoms with Crippen molar-refractivity contribution in [1.82, 2.24) is 14.8 Å². The van der Waals surface area contributed by atoms with E-state index in [-0.39, 0.29) is 17.4 Å². The van der Waals surface area contributed by atoms with Crippen molar-refractivity contribution in [1.29, 1.82) is 0 Å². The summed E-state index contributed by atoms with van der Waals surface area (Å²) < 4.78 is 10.9. The molecule has 4 aromatic rings. The number of amides is 3. The number of hydrogen-bond acceptors (Lipinski definition) is 6. The normalized spacial score (nSPS) is 15.9. The number of ether oxygens (including phenoxy) is 2. The third-order valence-electron chi connectivity index (χ3n) is 8.99. The summed E-state index contributed by atoms with van der Waals surface area (Å²) in [7, 11) is 0.